The highest BCUT2D eigenvalue weighted by Gasteiger charge is 2.12. The summed E-state index contributed by atoms with van der Waals surface area (Å²) >= 11 is 0. The van der Waals surface area contributed by atoms with Gasteiger partial charge in [-0.1, -0.05) is 0 Å². The van der Waals surface area contributed by atoms with E-state index in [9.17, 15) is 0 Å². The first-order chi connectivity index (χ1) is 9.15. The second kappa shape index (κ2) is 5.89. The van der Waals surface area contributed by atoms with Crippen LogP contribution < -0.4 is 10.5 Å². The fourth-order valence-corrected chi connectivity index (χ4v) is 2.06. The van der Waals surface area contributed by atoms with Crippen LogP contribution in [-0.2, 0) is 6.42 Å². The lowest BCUT2D eigenvalue weighted by Gasteiger charge is -2.08. The Morgan fingerprint density at radius 1 is 1.32 bits per heavy atom. The molecule has 4 nitrogen and oxygen atoms in total. The van der Waals surface area contributed by atoms with Gasteiger partial charge >= 0.3 is 0 Å². The molecular weight excluding hydrogens is 240 g/mol. The van der Waals surface area contributed by atoms with Crippen molar-refractivity contribution in [2.75, 3.05) is 13.2 Å². The van der Waals surface area contributed by atoms with Gasteiger partial charge in [-0.25, -0.2) is 4.98 Å². The van der Waals surface area contributed by atoms with Gasteiger partial charge in [-0.3, -0.25) is 0 Å². The zero-order chi connectivity index (χ0) is 13.8. The van der Waals surface area contributed by atoms with Crippen LogP contribution in [0.25, 0.3) is 11.3 Å². The Morgan fingerprint density at radius 2 is 2.11 bits per heavy atom. The highest BCUT2D eigenvalue weighted by Crippen LogP contribution is 2.28. The molecular formula is C15H20N2O2. The number of aromatic nitrogens is 1. The van der Waals surface area contributed by atoms with Crippen molar-refractivity contribution in [3.8, 4) is 17.0 Å². The van der Waals surface area contributed by atoms with Gasteiger partial charge in [0.15, 0.2) is 5.89 Å². The van der Waals surface area contributed by atoms with Gasteiger partial charge in [0.1, 0.15) is 17.2 Å². The second-order valence-electron chi connectivity index (χ2n) is 4.46. The van der Waals surface area contributed by atoms with Crippen molar-refractivity contribution in [1.29, 1.82) is 0 Å². The van der Waals surface area contributed by atoms with Crippen LogP contribution in [0.4, 0.5) is 0 Å². The maximum atomic E-state index is 5.60. The van der Waals surface area contributed by atoms with Crippen LogP contribution in [0.5, 0.6) is 5.75 Å². The average molecular weight is 260 g/mol. The van der Waals surface area contributed by atoms with E-state index in [1.165, 1.54) is 0 Å². The fourth-order valence-electron chi connectivity index (χ4n) is 2.06. The van der Waals surface area contributed by atoms with Gasteiger partial charge in [-0.05, 0) is 44.5 Å². The number of rotatable bonds is 5. The molecule has 0 aliphatic rings. The molecule has 0 aliphatic carbocycles. The summed E-state index contributed by atoms with van der Waals surface area (Å²) < 4.78 is 11.1. The van der Waals surface area contributed by atoms with Crippen LogP contribution in [0, 0.1) is 13.8 Å². The van der Waals surface area contributed by atoms with Gasteiger partial charge in [-0.15, -0.1) is 0 Å². The molecule has 4 heteroatoms. The number of hydrogen-bond donors (Lipinski definition) is 1. The summed E-state index contributed by atoms with van der Waals surface area (Å²) in [6.45, 7) is 7.15. The lowest BCUT2D eigenvalue weighted by atomic mass is 10.1. The maximum absolute atomic E-state index is 5.60. The van der Waals surface area contributed by atoms with E-state index in [2.05, 4.69) is 11.1 Å². The molecule has 0 saturated carbocycles. The Morgan fingerprint density at radius 3 is 2.74 bits per heavy atom. The molecule has 2 rings (SSSR count). The molecule has 2 N–H and O–H groups in total. The Hall–Kier alpha value is -1.81. The number of hydrogen-bond acceptors (Lipinski definition) is 4. The Labute approximate surface area is 113 Å². The number of nitrogens with zero attached hydrogens (tertiary/aromatic N) is 1. The van der Waals surface area contributed by atoms with Gasteiger partial charge in [0, 0.05) is 18.5 Å². The second-order valence-corrected chi connectivity index (χ2v) is 4.46. The van der Waals surface area contributed by atoms with Crippen molar-refractivity contribution in [2.24, 2.45) is 5.73 Å². The van der Waals surface area contributed by atoms with Crippen LogP contribution in [-0.4, -0.2) is 18.1 Å². The summed E-state index contributed by atoms with van der Waals surface area (Å²) in [6.07, 6.45) is 0.664. The third-order valence-electron chi connectivity index (χ3n) is 2.95. The minimum absolute atomic E-state index is 0.543. The van der Waals surface area contributed by atoms with E-state index in [1.807, 2.05) is 32.9 Å². The lowest BCUT2D eigenvalue weighted by Crippen LogP contribution is -2.02. The van der Waals surface area contributed by atoms with Crippen LogP contribution >= 0.6 is 0 Å². The topological polar surface area (TPSA) is 61.3 Å². The van der Waals surface area contributed by atoms with E-state index < -0.39 is 0 Å². The van der Waals surface area contributed by atoms with Gasteiger partial charge < -0.3 is 14.9 Å². The molecule has 0 atom stereocenters. The maximum Gasteiger partial charge on any atom is 0.196 e. The molecule has 0 saturated heterocycles. The molecule has 0 unspecified atom stereocenters. The smallest absolute Gasteiger partial charge is 0.196 e. The first-order valence-electron chi connectivity index (χ1n) is 6.56. The van der Waals surface area contributed by atoms with E-state index in [1.54, 1.807) is 0 Å². The third-order valence-corrected chi connectivity index (χ3v) is 2.95. The van der Waals surface area contributed by atoms with Crippen molar-refractivity contribution in [2.45, 2.75) is 27.2 Å². The van der Waals surface area contributed by atoms with E-state index >= 15 is 0 Å². The van der Waals surface area contributed by atoms with Crippen LogP contribution in [0.15, 0.2) is 22.6 Å². The molecule has 0 aliphatic heterocycles. The predicted molar refractivity (Wildman–Crippen MR) is 75.3 cm³/mol. The minimum Gasteiger partial charge on any atom is -0.494 e. The standard InChI is InChI=1S/C15H20N2O2/c1-4-18-13-6-5-12(9-10(13)2)15-11(3)19-14(17-15)7-8-16/h5-6,9H,4,7-8,16H2,1-3H3. The highest BCUT2D eigenvalue weighted by molar-refractivity contribution is 5.63. The molecule has 1 aromatic carbocycles. The Kier molecular flexibility index (Phi) is 4.22. The number of nitrogens with two attached hydrogens (primary N) is 1. The van der Waals surface area contributed by atoms with Crippen molar-refractivity contribution in [3.05, 3.63) is 35.4 Å². The van der Waals surface area contributed by atoms with Gasteiger partial charge in [0.05, 0.1) is 6.61 Å². The fraction of sp³-hybridized carbons (Fsp3) is 0.400. The number of aryl methyl sites for hydroxylation is 2. The van der Waals surface area contributed by atoms with Gasteiger partial charge in [0.25, 0.3) is 0 Å². The van der Waals surface area contributed by atoms with Crippen molar-refractivity contribution < 1.29 is 9.15 Å². The largest absolute Gasteiger partial charge is 0.494 e. The lowest BCUT2D eigenvalue weighted by molar-refractivity contribution is 0.338. The Balaban J connectivity index is 2.33. The average Bonchev–Trinajstić information content (AvgIpc) is 2.74. The van der Waals surface area contributed by atoms with E-state index in [0.717, 1.165) is 28.3 Å². The highest BCUT2D eigenvalue weighted by atomic mass is 16.5. The number of benzene rings is 1. The molecule has 0 amide bonds. The van der Waals surface area contributed by atoms with Crippen LogP contribution in [0.2, 0.25) is 0 Å². The molecule has 0 fully saturated rings. The van der Waals surface area contributed by atoms with Crippen molar-refractivity contribution in [3.63, 3.8) is 0 Å². The molecule has 19 heavy (non-hydrogen) atoms. The first-order valence-corrected chi connectivity index (χ1v) is 6.56. The van der Waals surface area contributed by atoms with Crippen LogP contribution in [0.3, 0.4) is 0 Å². The zero-order valence-electron chi connectivity index (χ0n) is 11.7. The molecule has 0 bridgehead atoms. The molecule has 2 aromatic rings. The third kappa shape index (κ3) is 2.96. The normalized spacial score (nSPS) is 10.7. The molecule has 1 aromatic heterocycles. The SMILES string of the molecule is CCOc1ccc(-c2nc(CCN)oc2C)cc1C. The predicted octanol–water partition coefficient (Wildman–Crippen LogP) is 2.86. The van der Waals surface area contributed by atoms with E-state index in [4.69, 9.17) is 14.9 Å². The summed E-state index contributed by atoms with van der Waals surface area (Å²) in [5.41, 5.74) is 8.55. The molecule has 1 heterocycles. The van der Waals surface area contributed by atoms with Gasteiger partial charge in [0.2, 0.25) is 0 Å². The summed E-state index contributed by atoms with van der Waals surface area (Å²) in [4.78, 5) is 4.50. The van der Waals surface area contributed by atoms with E-state index in [0.29, 0.717) is 25.5 Å². The first kappa shape index (κ1) is 13.6. The summed E-state index contributed by atoms with van der Waals surface area (Å²) in [5.74, 6) is 2.43. The van der Waals surface area contributed by atoms with E-state index in [-0.39, 0.29) is 0 Å². The molecule has 0 radical (unpaired) electrons. The quantitative estimate of drug-likeness (QED) is 0.898. The summed E-state index contributed by atoms with van der Waals surface area (Å²) in [6, 6.07) is 6.06. The summed E-state index contributed by atoms with van der Waals surface area (Å²) in [7, 11) is 0. The van der Waals surface area contributed by atoms with Crippen LogP contribution in [0.1, 0.15) is 24.1 Å². The monoisotopic (exact) mass is 260 g/mol. The minimum atomic E-state index is 0.543. The Bertz CT molecular complexity index is 561. The number of ether oxygens (including phenoxy) is 1. The van der Waals surface area contributed by atoms with Crippen molar-refractivity contribution in [1.82, 2.24) is 4.98 Å². The number of oxazole rings is 1. The van der Waals surface area contributed by atoms with Crippen molar-refractivity contribution >= 4 is 0 Å². The van der Waals surface area contributed by atoms with Gasteiger partial charge in [-0.2, -0.15) is 0 Å². The summed E-state index contributed by atoms with van der Waals surface area (Å²) in [5, 5.41) is 0. The zero-order valence-corrected chi connectivity index (χ0v) is 11.7. The molecule has 102 valence electrons. The molecule has 0 spiro atoms.